The van der Waals surface area contributed by atoms with Gasteiger partial charge in [-0.1, -0.05) is 6.92 Å². The molecule has 2 N–H and O–H groups in total. The summed E-state index contributed by atoms with van der Waals surface area (Å²) in [5.74, 6) is -0.904. The van der Waals surface area contributed by atoms with Crippen molar-refractivity contribution in [2.24, 2.45) is 5.92 Å². The Morgan fingerprint density at radius 1 is 1.10 bits per heavy atom. The van der Waals surface area contributed by atoms with Crippen LogP contribution < -0.4 is 20.7 Å². The van der Waals surface area contributed by atoms with Crippen molar-refractivity contribution in [3.8, 4) is 11.1 Å². The fourth-order valence-electron chi connectivity index (χ4n) is 4.77. The first-order valence-corrected chi connectivity index (χ1v) is 12.4. The van der Waals surface area contributed by atoms with E-state index in [-0.39, 0.29) is 11.3 Å². The molecule has 9 nitrogen and oxygen atoms in total. The van der Waals surface area contributed by atoms with Crippen LogP contribution in [0.3, 0.4) is 0 Å². The summed E-state index contributed by atoms with van der Waals surface area (Å²) >= 11 is 0. The molecule has 0 spiro atoms. The Balaban J connectivity index is 1.52. The van der Waals surface area contributed by atoms with E-state index in [4.69, 9.17) is 4.74 Å². The van der Waals surface area contributed by atoms with Crippen LogP contribution in [0.4, 0.5) is 34.9 Å². The monoisotopic (exact) mass is 546 g/mol. The summed E-state index contributed by atoms with van der Waals surface area (Å²) < 4.78 is 61.5. The van der Waals surface area contributed by atoms with Crippen LogP contribution in [-0.2, 0) is 10.9 Å². The zero-order chi connectivity index (χ0) is 27.7. The number of rotatable bonds is 5. The van der Waals surface area contributed by atoms with Crippen molar-refractivity contribution in [2.45, 2.75) is 19.5 Å². The smallest absolute Gasteiger partial charge is 0.378 e. The number of ether oxygens (including phenoxy) is 1. The second-order valence-electron chi connectivity index (χ2n) is 9.64. The lowest BCUT2D eigenvalue weighted by Gasteiger charge is -2.26. The molecule has 13 heteroatoms. The highest BCUT2D eigenvalue weighted by molar-refractivity contribution is 6.07. The number of aromatic nitrogens is 3. The lowest BCUT2D eigenvalue weighted by molar-refractivity contribution is -0.138. The zero-order valence-electron chi connectivity index (χ0n) is 21.0. The number of H-pyrrole nitrogens is 1. The number of benzene rings is 1. The molecular formula is C26H26F4N6O3. The van der Waals surface area contributed by atoms with Gasteiger partial charge in [-0.2, -0.15) is 13.2 Å². The first-order chi connectivity index (χ1) is 18.6. The molecule has 206 valence electrons. The van der Waals surface area contributed by atoms with Gasteiger partial charge in [0.05, 0.1) is 35.7 Å². The van der Waals surface area contributed by atoms with E-state index in [9.17, 15) is 22.8 Å². The number of aromatic amines is 1. The van der Waals surface area contributed by atoms with E-state index < -0.39 is 34.6 Å². The van der Waals surface area contributed by atoms with Gasteiger partial charge in [0.15, 0.2) is 0 Å². The zero-order valence-corrected chi connectivity index (χ0v) is 21.0. The first kappa shape index (κ1) is 26.6. The van der Waals surface area contributed by atoms with E-state index in [2.05, 4.69) is 20.3 Å². The maximum Gasteiger partial charge on any atom is 0.417 e. The van der Waals surface area contributed by atoms with Gasteiger partial charge in [0, 0.05) is 62.0 Å². The van der Waals surface area contributed by atoms with Gasteiger partial charge in [0.1, 0.15) is 5.82 Å². The Hall–Kier alpha value is -4.00. The van der Waals surface area contributed by atoms with Crippen LogP contribution in [0, 0.1) is 11.7 Å². The normalized spacial score (nSPS) is 17.9. The van der Waals surface area contributed by atoms with Crippen molar-refractivity contribution >= 4 is 23.2 Å². The molecule has 39 heavy (non-hydrogen) atoms. The lowest BCUT2D eigenvalue weighted by Crippen LogP contribution is -2.37. The topological polar surface area (TPSA) is 103 Å². The third kappa shape index (κ3) is 5.72. The largest absolute Gasteiger partial charge is 0.417 e. The summed E-state index contributed by atoms with van der Waals surface area (Å²) in [4.78, 5) is 39.3. The fourth-order valence-corrected chi connectivity index (χ4v) is 4.77. The van der Waals surface area contributed by atoms with Crippen LogP contribution in [0.15, 0.2) is 41.6 Å². The Morgan fingerprint density at radius 3 is 2.46 bits per heavy atom. The summed E-state index contributed by atoms with van der Waals surface area (Å²) in [6, 6.07) is 2.97. The van der Waals surface area contributed by atoms with Gasteiger partial charge in [-0.25, -0.2) is 14.4 Å². The summed E-state index contributed by atoms with van der Waals surface area (Å²) in [6.07, 6.45) is -0.444. The average molecular weight is 547 g/mol. The third-order valence-electron chi connectivity index (χ3n) is 6.82. The number of pyridine rings is 1. The molecule has 2 aliphatic heterocycles. The SMILES string of the molecule is C[C@@H]1CCN(c2cc(F)c(-c3cnc(N4CCOCC4)nc3)cc2NC(=O)c2c[nH]c(=O)cc2C(F)(F)F)C1. The standard InChI is InChI=1S/C26H26F4N6O3/c1-15-2-3-36(14-15)22-10-20(27)17(16-11-32-25(33-12-16)35-4-6-39-7-5-35)8-21(22)34-24(38)18-13-31-23(37)9-19(18)26(28,29)30/h8-13,15H,2-7,14H2,1H3,(H,31,37)(H,34,38)/t15-/m1/s1. The number of morpholine rings is 1. The average Bonchev–Trinajstić information content (AvgIpc) is 3.35. The van der Waals surface area contributed by atoms with Crippen LogP contribution in [-0.4, -0.2) is 60.3 Å². The number of anilines is 3. The number of carbonyl (C=O) groups excluding carboxylic acids is 1. The minimum absolute atomic E-state index is 0.0762. The summed E-state index contributed by atoms with van der Waals surface area (Å²) in [5, 5.41) is 2.52. The Bertz CT molecular complexity index is 1420. The predicted molar refractivity (Wildman–Crippen MR) is 136 cm³/mol. The highest BCUT2D eigenvalue weighted by atomic mass is 19.4. The molecule has 0 bridgehead atoms. The van der Waals surface area contributed by atoms with Crippen molar-refractivity contribution in [1.82, 2.24) is 15.0 Å². The number of hydrogen-bond donors (Lipinski definition) is 2. The predicted octanol–water partition coefficient (Wildman–Crippen LogP) is 3.92. The number of nitrogens with one attached hydrogen (secondary N) is 2. The number of alkyl halides is 3. The fraction of sp³-hybridized carbons (Fsp3) is 0.385. The molecule has 0 aliphatic carbocycles. The van der Waals surface area contributed by atoms with Crippen molar-refractivity contribution in [3.63, 3.8) is 0 Å². The Labute approximate surface area is 220 Å². The summed E-state index contributed by atoms with van der Waals surface area (Å²) in [6.45, 7) is 5.55. The van der Waals surface area contributed by atoms with E-state index in [0.717, 1.165) is 12.6 Å². The van der Waals surface area contributed by atoms with Crippen molar-refractivity contribution in [1.29, 1.82) is 0 Å². The molecule has 0 radical (unpaired) electrons. The van der Waals surface area contributed by atoms with Gasteiger partial charge < -0.3 is 24.8 Å². The van der Waals surface area contributed by atoms with Crippen molar-refractivity contribution < 1.29 is 27.1 Å². The Morgan fingerprint density at radius 2 is 1.82 bits per heavy atom. The highest BCUT2D eigenvalue weighted by Gasteiger charge is 2.36. The van der Waals surface area contributed by atoms with Gasteiger partial charge >= 0.3 is 6.18 Å². The quantitative estimate of drug-likeness (QED) is 0.468. The van der Waals surface area contributed by atoms with Crippen LogP contribution >= 0.6 is 0 Å². The number of carbonyl (C=O) groups is 1. The number of hydrogen-bond acceptors (Lipinski definition) is 7. The molecule has 0 saturated carbocycles. The lowest BCUT2D eigenvalue weighted by atomic mass is 10.0. The van der Waals surface area contributed by atoms with Gasteiger partial charge in [-0.3, -0.25) is 9.59 Å². The van der Waals surface area contributed by atoms with Crippen molar-refractivity contribution in [3.05, 3.63) is 64.1 Å². The molecule has 2 saturated heterocycles. The maximum absolute atomic E-state index is 15.4. The molecule has 1 atom stereocenters. The van der Waals surface area contributed by atoms with Crippen LogP contribution in [0.1, 0.15) is 29.3 Å². The van der Waals surface area contributed by atoms with Crippen molar-refractivity contribution in [2.75, 3.05) is 54.5 Å². The number of nitrogens with zero attached hydrogens (tertiary/aromatic N) is 4. The molecule has 3 aromatic rings. The van der Waals surface area contributed by atoms with Gasteiger partial charge in [-0.15, -0.1) is 0 Å². The molecular weight excluding hydrogens is 520 g/mol. The second kappa shape index (κ2) is 10.6. The summed E-state index contributed by atoms with van der Waals surface area (Å²) in [7, 11) is 0. The molecule has 0 unspecified atom stereocenters. The third-order valence-corrected chi connectivity index (χ3v) is 6.82. The summed E-state index contributed by atoms with van der Waals surface area (Å²) in [5.41, 5.74) is -2.23. The number of amides is 1. The van der Waals surface area contributed by atoms with E-state index in [1.165, 1.54) is 24.5 Å². The molecule has 2 fully saturated rings. The molecule has 1 amide bonds. The maximum atomic E-state index is 15.4. The molecule has 2 aromatic heterocycles. The van der Waals surface area contributed by atoms with Crippen LogP contribution in [0.25, 0.3) is 11.1 Å². The van der Waals surface area contributed by atoms with Crippen LogP contribution in [0.5, 0.6) is 0 Å². The van der Waals surface area contributed by atoms with Gasteiger partial charge in [0.2, 0.25) is 11.5 Å². The minimum atomic E-state index is -4.93. The molecule has 4 heterocycles. The molecule has 5 rings (SSSR count). The van der Waals surface area contributed by atoms with E-state index in [1.807, 2.05) is 16.7 Å². The van der Waals surface area contributed by atoms with E-state index >= 15 is 4.39 Å². The van der Waals surface area contributed by atoms with Crippen LogP contribution in [0.2, 0.25) is 0 Å². The first-order valence-electron chi connectivity index (χ1n) is 12.4. The van der Waals surface area contributed by atoms with Gasteiger partial charge in [-0.05, 0) is 24.5 Å². The molecule has 2 aliphatic rings. The van der Waals surface area contributed by atoms with Gasteiger partial charge in [0.25, 0.3) is 5.91 Å². The second-order valence-corrected chi connectivity index (χ2v) is 9.64. The highest BCUT2D eigenvalue weighted by Crippen LogP contribution is 2.37. The number of halogens is 4. The molecule has 1 aromatic carbocycles. The minimum Gasteiger partial charge on any atom is -0.378 e. The Kier molecular flexibility index (Phi) is 7.25. The van der Waals surface area contributed by atoms with E-state index in [0.29, 0.717) is 68.6 Å². The van der Waals surface area contributed by atoms with E-state index in [1.54, 1.807) is 0 Å².